The van der Waals surface area contributed by atoms with Gasteiger partial charge < -0.3 is 10.2 Å². The Morgan fingerprint density at radius 2 is 2.37 bits per heavy atom. The second kappa shape index (κ2) is 5.21. The molecule has 2 unspecified atom stereocenters. The number of anilines is 1. The van der Waals surface area contributed by atoms with Crippen molar-refractivity contribution in [3.63, 3.8) is 0 Å². The van der Waals surface area contributed by atoms with E-state index in [4.69, 9.17) is 0 Å². The van der Waals surface area contributed by atoms with Gasteiger partial charge in [0.2, 0.25) is 0 Å². The molecule has 0 radical (unpaired) electrons. The first-order valence-corrected chi connectivity index (χ1v) is 7.18. The lowest BCUT2D eigenvalue weighted by Crippen LogP contribution is -2.44. The maximum absolute atomic E-state index is 4.07. The molecule has 1 aromatic carbocycles. The molecule has 0 aliphatic carbocycles. The molecule has 1 aromatic heterocycles. The Morgan fingerprint density at radius 1 is 1.47 bits per heavy atom. The molecular formula is C15H22N4. The van der Waals surface area contributed by atoms with Crippen LogP contribution in [-0.2, 0) is 0 Å². The third kappa shape index (κ3) is 2.59. The number of hydrogen-bond acceptors (Lipinski definition) is 3. The normalized spacial score (nSPS) is 24.7. The number of aromatic nitrogens is 2. The van der Waals surface area contributed by atoms with Crippen LogP contribution in [0.25, 0.3) is 10.9 Å². The minimum Gasteiger partial charge on any atom is -0.382 e. The largest absolute Gasteiger partial charge is 0.382 e. The van der Waals surface area contributed by atoms with Crippen LogP contribution in [0.1, 0.15) is 20.3 Å². The molecule has 1 saturated heterocycles. The van der Waals surface area contributed by atoms with Crippen LogP contribution in [0.15, 0.2) is 24.4 Å². The van der Waals surface area contributed by atoms with Crippen molar-refractivity contribution in [2.45, 2.75) is 26.3 Å². The summed E-state index contributed by atoms with van der Waals surface area (Å²) < 4.78 is 0. The van der Waals surface area contributed by atoms with E-state index in [-0.39, 0.29) is 0 Å². The van der Waals surface area contributed by atoms with Gasteiger partial charge in [-0.15, -0.1) is 0 Å². The van der Waals surface area contributed by atoms with Crippen molar-refractivity contribution < 1.29 is 0 Å². The zero-order chi connectivity index (χ0) is 13.2. The summed E-state index contributed by atoms with van der Waals surface area (Å²) in [5.41, 5.74) is 2.30. The SMILES string of the molecule is CCN1CCC(Nc2ccc3[nH]ncc3c2)C(C)C1. The highest BCUT2D eigenvalue weighted by Crippen LogP contribution is 2.23. The molecule has 2 atom stereocenters. The second-order valence-corrected chi connectivity index (χ2v) is 5.58. The van der Waals surface area contributed by atoms with Gasteiger partial charge in [-0.1, -0.05) is 13.8 Å². The van der Waals surface area contributed by atoms with E-state index >= 15 is 0 Å². The molecule has 1 aliphatic heterocycles. The van der Waals surface area contributed by atoms with Gasteiger partial charge in [0.05, 0.1) is 11.7 Å². The summed E-state index contributed by atoms with van der Waals surface area (Å²) in [4.78, 5) is 2.53. The van der Waals surface area contributed by atoms with E-state index in [2.05, 4.69) is 52.5 Å². The molecule has 1 aliphatic rings. The molecule has 2 aromatic rings. The standard InChI is InChI=1S/C15H22N4/c1-3-19-7-6-14(11(2)10-19)17-13-4-5-15-12(8-13)9-16-18-15/h4-5,8-9,11,14,17H,3,6-7,10H2,1-2H3,(H,16,18). The van der Waals surface area contributed by atoms with Crippen LogP contribution in [0, 0.1) is 5.92 Å². The Balaban J connectivity index is 1.70. The average Bonchev–Trinajstić information content (AvgIpc) is 2.88. The van der Waals surface area contributed by atoms with E-state index in [1.54, 1.807) is 0 Å². The van der Waals surface area contributed by atoms with E-state index in [0.29, 0.717) is 12.0 Å². The maximum atomic E-state index is 4.07. The van der Waals surface area contributed by atoms with Crippen molar-refractivity contribution in [3.8, 4) is 0 Å². The number of likely N-dealkylation sites (tertiary alicyclic amines) is 1. The molecule has 0 spiro atoms. The number of H-pyrrole nitrogens is 1. The monoisotopic (exact) mass is 258 g/mol. The summed E-state index contributed by atoms with van der Waals surface area (Å²) in [6, 6.07) is 6.99. The van der Waals surface area contributed by atoms with Gasteiger partial charge >= 0.3 is 0 Å². The molecule has 4 nitrogen and oxygen atoms in total. The molecule has 3 rings (SSSR count). The van der Waals surface area contributed by atoms with E-state index in [1.807, 2.05) is 6.20 Å². The quantitative estimate of drug-likeness (QED) is 0.889. The Labute approximate surface area is 114 Å². The van der Waals surface area contributed by atoms with Crippen molar-refractivity contribution in [2.75, 3.05) is 25.0 Å². The summed E-state index contributed by atoms with van der Waals surface area (Å²) in [7, 11) is 0. The van der Waals surface area contributed by atoms with Crippen molar-refractivity contribution in [3.05, 3.63) is 24.4 Å². The number of rotatable bonds is 3. The third-order valence-electron chi connectivity index (χ3n) is 4.23. The fraction of sp³-hybridized carbons (Fsp3) is 0.533. The number of nitrogens with zero attached hydrogens (tertiary/aromatic N) is 2. The van der Waals surface area contributed by atoms with Crippen LogP contribution in [0.5, 0.6) is 0 Å². The Kier molecular flexibility index (Phi) is 3.42. The van der Waals surface area contributed by atoms with E-state index < -0.39 is 0 Å². The first-order chi connectivity index (χ1) is 9.26. The number of hydrogen-bond donors (Lipinski definition) is 2. The van der Waals surface area contributed by atoms with Crippen molar-refractivity contribution in [1.29, 1.82) is 0 Å². The van der Waals surface area contributed by atoms with Crippen LogP contribution in [0.2, 0.25) is 0 Å². The lowest BCUT2D eigenvalue weighted by molar-refractivity contribution is 0.179. The van der Waals surface area contributed by atoms with Crippen LogP contribution >= 0.6 is 0 Å². The highest BCUT2D eigenvalue weighted by Gasteiger charge is 2.24. The average molecular weight is 258 g/mol. The van der Waals surface area contributed by atoms with E-state index in [9.17, 15) is 0 Å². The van der Waals surface area contributed by atoms with Gasteiger partial charge in [0.25, 0.3) is 0 Å². The smallest absolute Gasteiger partial charge is 0.0651 e. The Bertz CT molecular complexity index is 548. The van der Waals surface area contributed by atoms with E-state index in [1.165, 1.54) is 30.6 Å². The molecule has 0 amide bonds. The highest BCUT2D eigenvalue weighted by molar-refractivity contribution is 5.81. The summed E-state index contributed by atoms with van der Waals surface area (Å²) in [5, 5.41) is 11.9. The minimum absolute atomic E-state index is 0.576. The molecule has 19 heavy (non-hydrogen) atoms. The number of piperidine rings is 1. The molecule has 4 heteroatoms. The number of aromatic amines is 1. The fourth-order valence-electron chi connectivity index (χ4n) is 2.98. The van der Waals surface area contributed by atoms with Gasteiger partial charge in [-0.2, -0.15) is 5.10 Å². The van der Waals surface area contributed by atoms with Crippen LogP contribution in [-0.4, -0.2) is 40.8 Å². The third-order valence-corrected chi connectivity index (χ3v) is 4.23. The van der Waals surface area contributed by atoms with Crippen LogP contribution in [0.4, 0.5) is 5.69 Å². The maximum Gasteiger partial charge on any atom is 0.0651 e. The summed E-state index contributed by atoms with van der Waals surface area (Å²) >= 11 is 0. The van der Waals surface area contributed by atoms with Crippen molar-refractivity contribution in [1.82, 2.24) is 15.1 Å². The van der Waals surface area contributed by atoms with Gasteiger partial charge in [0, 0.05) is 30.2 Å². The number of nitrogens with one attached hydrogen (secondary N) is 2. The summed E-state index contributed by atoms with van der Waals surface area (Å²) in [5.74, 6) is 0.689. The molecule has 1 fully saturated rings. The predicted octanol–water partition coefficient (Wildman–Crippen LogP) is 2.71. The fourth-order valence-corrected chi connectivity index (χ4v) is 2.98. The Morgan fingerprint density at radius 3 is 3.16 bits per heavy atom. The molecule has 0 saturated carbocycles. The summed E-state index contributed by atoms with van der Waals surface area (Å²) in [6.45, 7) is 8.15. The van der Waals surface area contributed by atoms with Gasteiger partial charge in [0.1, 0.15) is 0 Å². The molecule has 0 bridgehead atoms. The van der Waals surface area contributed by atoms with Crippen molar-refractivity contribution in [2.24, 2.45) is 5.92 Å². The van der Waals surface area contributed by atoms with Crippen LogP contribution in [0.3, 0.4) is 0 Å². The zero-order valence-corrected chi connectivity index (χ0v) is 11.7. The topological polar surface area (TPSA) is 44.0 Å². The first-order valence-electron chi connectivity index (χ1n) is 7.18. The minimum atomic E-state index is 0.576. The second-order valence-electron chi connectivity index (χ2n) is 5.58. The van der Waals surface area contributed by atoms with Crippen LogP contribution < -0.4 is 5.32 Å². The lowest BCUT2D eigenvalue weighted by atomic mass is 9.93. The van der Waals surface area contributed by atoms with Crippen molar-refractivity contribution >= 4 is 16.6 Å². The predicted molar refractivity (Wildman–Crippen MR) is 79.4 cm³/mol. The number of fused-ring (bicyclic) bond motifs is 1. The number of benzene rings is 1. The van der Waals surface area contributed by atoms with Gasteiger partial charge in [-0.3, -0.25) is 5.10 Å². The van der Waals surface area contributed by atoms with Gasteiger partial charge in [-0.25, -0.2) is 0 Å². The van der Waals surface area contributed by atoms with Gasteiger partial charge in [-0.05, 0) is 37.1 Å². The van der Waals surface area contributed by atoms with Gasteiger partial charge in [0.15, 0.2) is 0 Å². The highest BCUT2D eigenvalue weighted by atomic mass is 15.1. The molecule has 2 N–H and O–H groups in total. The first kappa shape index (κ1) is 12.5. The lowest BCUT2D eigenvalue weighted by Gasteiger charge is -2.37. The molecule has 2 heterocycles. The Hall–Kier alpha value is -1.55. The zero-order valence-electron chi connectivity index (χ0n) is 11.7. The van der Waals surface area contributed by atoms with E-state index in [0.717, 1.165) is 12.1 Å². The summed E-state index contributed by atoms with van der Waals surface area (Å²) in [6.07, 6.45) is 3.10. The molecular weight excluding hydrogens is 236 g/mol. The molecule has 102 valence electrons.